The number of aliphatic carboxylic acids is 2. The van der Waals surface area contributed by atoms with Crippen LogP contribution in [0, 0.1) is 0 Å². The Labute approximate surface area is 122 Å². The highest BCUT2D eigenvalue weighted by Gasteiger charge is 2.30. The minimum atomic E-state index is -1.26. The van der Waals surface area contributed by atoms with Crippen LogP contribution in [0.4, 0.5) is 0 Å². The summed E-state index contributed by atoms with van der Waals surface area (Å²) in [7, 11) is 0. The second-order valence-corrected chi connectivity index (χ2v) is 4.82. The molecule has 1 fully saturated rings. The lowest BCUT2D eigenvalue weighted by molar-refractivity contribution is -0.134. The van der Waals surface area contributed by atoms with Crippen molar-refractivity contribution in [3.8, 4) is 0 Å². The Balaban J connectivity index is 0.000000240. The SMILES string of the molecule is O=C(CO)C1=CCCC2CC[C@H]1N2.O=C(O)/C=C/C(=O)O. The summed E-state index contributed by atoms with van der Waals surface area (Å²) in [6.07, 6.45) is 7.41. The van der Waals surface area contributed by atoms with E-state index in [-0.39, 0.29) is 18.4 Å². The lowest BCUT2D eigenvalue weighted by Crippen LogP contribution is -2.32. The Morgan fingerprint density at radius 1 is 1.14 bits per heavy atom. The van der Waals surface area contributed by atoms with Gasteiger partial charge < -0.3 is 20.6 Å². The summed E-state index contributed by atoms with van der Waals surface area (Å²) in [5, 5.41) is 27.8. The van der Waals surface area contributed by atoms with E-state index in [2.05, 4.69) is 5.32 Å². The molecule has 1 saturated heterocycles. The fraction of sp³-hybridized carbons (Fsp3) is 0.500. The molecule has 2 aliphatic rings. The van der Waals surface area contributed by atoms with Crippen molar-refractivity contribution < 1.29 is 29.7 Å². The first-order valence-electron chi connectivity index (χ1n) is 6.68. The molecule has 2 aliphatic heterocycles. The van der Waals surface area contributed by atoms with Gasteiger partial charge in [-0.15, -0.1) is 0 Å². The summed E-state index contributed by atoms with van der Waals surface area (Å²) in [5.74, 6) is -2.63. The van der Waals surface area contributed by atoms with E-state index < -0.39 is 11.9 Å². The Morgan fingerprint density at radius 3 is 2.29 bits per heavy atom. The highest BCUT2D eigenvalue weighted by molar-refractivity contribution is 5.97. The van der Waals surface area contributed by atoms with Gasteiger partial charge in [-0.1, -0.05) is 6.08 Å². The molecule has 0 amide bonds. The van der Waals surface area contributed by atoms with E-state index in [1.807, 2.05) is 6.08 Å². The van der Waals surface area contributed by atoms with Crippen LogP contribution in [-0.2, 0) is 14.4 Å². The van der Waals surface area contributed by atoms with Crippen molar-refractivity contribution in [3.63, 3.8) is 0 Å². The molecule has 21 heavy (non-hydrogen) atoms. The maximum atomic E-state index is 11.3. The van der Waals surface area contributed by atoms with Crippen molar-refractivity contribution in [2.45, 2.75) is 37.8 Å². The standard InChI is InChI=1S/C10H15NO2.C4H4O4/c12-6-10(13)8-3-1-2-7-4-5-9(8)11-7;5-3(6)1-2-4(7)8/h3,7,9,11-12H,1-2,4-6H2;1-2H,(H,5,6)(H,7,8)/b;2-1+/t7?,9-;/m1./s1. The number of allylic oxidation sites excluding steroid dienone is 1. The number of carbonyl (C=O) groups excluding carboxylic acids is 1. The van der Waals surface area contributed by atoms with E-state index in [4.69, 9.17) is 15.3 Å². The van der Waals surface area contributed by atoms with Gasteiger partial charge in [0.05, 0.1) is 0 Å². The van der Waals surface area contributed by atoms with Gasteiger partial charge in [-0.25, -0.2) is 9.59 Å². The number of aliphatic hydroxyl groups is 1. The number of Topliss-reactive ketones (excluding diaryl/α,β-unsaturated/α-hetero) is 1. The quantitative estimate of drug-likeness (QED) is 0.542. The summed E-state index contributed by atoms with van der Waals surface area (Å²) in [6.45, 7) is -0.353. The van der Waals surface area contributed by atoms with Crippen molar-refractivity contribution in [3.05, 3.63) is 23.8 Å². The number of hydrogen-bond acceptors (Lipinski definition) is 5. The molecule has 116 valence electrons. The van der Waals surface area contributed by atoms with Crippen molar-refractivity contribution in [1.82, 2.24) is 5.32 Å². The first-order valence-corrected chi connectivity index (χ1v) is 6.68. The largest absolute Gasteiger partial charge is 0.478 e. The second kappa shape index (κ2) is 8.33. The summed E-state index contributed by atoms with van der Waals surface area (Å²) < 4.78 is 0. The number of ketones is 1. The fourth-order valence-electron chi connectivity index (χ4n) is 2.42. The summed E-state index contributed by atoms with van der Waals surface area (Å²) >= 11 is 0. The van der Waals surface area contributed by atoms with Gasteiger partial charge in [0.15, 0.2) is 5.78 Å². The number of rotatable bonds is 4. The molecule has 0 aromatic rings. The molecule has 2 heterocycles. The monoisotopic (exact) mass is 297 g/mol. The minimum absolute atomic E-state index is 0.111. The number of carbonyl (C=O) groups is 3. The molecule has 2 bridgehead atoms. The van der Waals surface area contributed by atoms with Crippen LogP contribution in [0.25, 0.3) is 0 Å². The summed E-state index contributed by atoms with van der Waals surface area (Å²) in [4.78, 5) is 30.5. The van der Waals surface area contributed by atoms with Crippen LogP contribution < -0.4 is 5.32 Å². The predicted octanol–water partition coefficient (Wildman–Crippen LogP) is 0.100. The highest BCUT2D eigenvalue weighted by Crippen LogP contribution is 2.26. The third kappa shape index (κ3) is 5.88. The van der Waals surface area contributed by atoms with Gasteiger partial charge in [0.25, 0.3) is 0 Å². The number of nitrogens with one attached hydrogen (secondary N) is 1. The third-order valence-electron chi connectivity index (χ3n) is 3.33. The second-order valence-electron chi connectivity index (χ2n) is 4.82. The molecule has 2 atom stereocenters. The molecule has 2 rings (SSSR count). The lowest BCUT2D eigenvalue weighted by Gasteiger charge is -2.12. The highest BCUT2D eigenvalue weighted by atomic mass is 16.4. The zero-order valence-corrected chi connectivity index (χ0v) is 11.5. The predicted molar refractivity (Wildman–Crippen MR) is 73.8 cm³/mol. The van der Waals surface area contributed by atoms with E-state index in [9.17, 15) is 14.4 Å². The molecule has 7 nitrogen and oxygen atoms in total. The Bertz CT molecular complexity index is 452. The normalized spacial score (nSPS) is 23.8. The maximum absolute atomic E-state index is 11.3. The van der Waals surface area contributed by atoms with Crippen molar-refractivity contribution >= 4 is 17.7 Å². The van der Waals surface area contributed by atoms with E-state index in [0.29, 0.717) is 18.2 Å². The number of aliphatic hydroxyl groups excluding tert-OH is 1. The average Bonchev–Trinajstić information content (AvgIpc) is 2.78. The lowest BCUT2D eigenvalue weighted by atomic mass is 9.97. The minimum Gasteiger partial charge on any atom is -0.478 e. The van der Waals surface area contributed by atoms with Crippen LogP contribution >= 0.6 is 0 Å². The molecular formula is C14H19NO6. The molecule has 0 aromatic heterocycles. The number of carboxylic acids is 2. The van der Waals surface area contributed by atoms with Gasteiger partial charge in [-0.05, 0) is 25.7 Å². The van der Waals surface area contributed by atoms with Gasteiger partial charge in [0.2, 0.25) is 0 Å². The number of hydrogen-bond donors (Lipinski definition) is 4. The molecule has 0 aliphatic carbocycles. The van der Waals surface area contributed by atoms with Gasteiger partial charge in [-0.2, -0.15) is 0 Å². The molecule has 4 N–H and O–H groups in total. The molecule has 0 radical (unpaired) electrons. The Hall–Kier alpha value is -1.99. The van der Waals surface area contributed by atoms with Gasteiger partial charge in [-0.3, -0.25) is 4.79 Å². The number of fused-ring (bicyclic) bond motifs is 2. The molecule has 7 heteroatoms. The maximum Gasteiger partial charge on any atom is 0.328 e. The van der Waals surface area contributed by atoms with E-state index in [1.165, 1.54) is 6.42 Å². The van der Waals surface area contributed by atoms with E-state index >= 15 is 0 Å². The van der Waals surface area contributed by atoms with Crippen LogP contribution in [0.3, 0.4) is 0 Å². The van der Waals surface area contributed by atoms with Gasteiger partial charge in [0, 0.05) is 29.8 Å². The Morgan fingerprint density at radius 2 is 1.76 bits per heavy atom. The molecule has 0 saturated carbocycles. The Kier molecular flexibility index (Phi) is 6.77. The van der Waals surface area contributed by atoms with Crippen LogP contribution in [0.2, 0.25) is 0 Å². The fourth-order valence-corrected chi connectivity index (χ4v) is 2.42. The van der Waals surface area contributed by atoms with Crippen LogP contribution in [0.15, 0.2) is 23.8 Å². The van der Waals surface area contributed by atoms with Gasteiger partial charge >= 0.3 is 11.9 Å². The van der Waals surface area contributed by atoms with Crippen molar-refractivity contribution in [1.29, 1.82) is 0 Å². The van der Waals surface area contributed by atoms with E-state index in [0.717, 1.165) is 24.8 Å². The molecule has 1 unspecified atom stereocenters. The first kappa shape index (κ1) is 17.1. The van der Waals surface area contributed by atoms with Crippen LogP contribution in [-0.4, -0.2) is 51.7 Å². The van der Waals surface area contributed by atoms with Crippen molar-refractivity contribution in [2.24, 2.45) is 0 Å². The zero-order valence-electron chi connectivity index (χ0n) is 11.5. The third-order valence-corrected chi connectivity index (χ3v) is 3.33. The summed E-state index contributed by atoms with van der Waals surface area (Å²) in [6, 6.07) is 0.803. The summed E-state index contributed by atoms with van der Waals surface area (Å²) in [5.41, 5.74) is 0.808. The van der Waals surface area contributed by atoms with Gasteiger partial charge in [0.1, 0.15) is 6.61 Å². The molecular weight excluding hydrogens is 278 g/mol. The van der Waals surface area contributed by atoms with Crippen LogP contribution in [0.5, 0.6) is 0 Å². The van der Waals surface area contributed by atoms with E-state index in [1.54, 1.807) is 0 Å². The first-order chi connectivity index (χ1) is 9.93. The van der Waals surface area contributed by atoms with Crippen molar-refractivity contribution in [2.75, 3.05) is 6.61 Å². The number of carboxylic acid groups (broad SMARTS) is 2. The smallest absolute Gasteiger partial charge is 0.328 e. The van der Waals surface area contributed by atoms with Crippen LogP contribution in [0.1, 0.15) is 25.7 Å². The molecule has 0 spiro atoms. The topological polar surface area (TPSA) is 124 Å². The zero-order chi connectivity index (χ0) is 15.8. The molecule has 0 aromatic carbocycles. The average molecular weight is 297 g/mol.